The molecule has 0 spiro atoms. The van der Waals surface area contributed by atoms with Crippen LogP contribution >= 0.6 is 11.6 Å². The number of carbonyl (C=O) groups is 2. The van der Waals surface area contributed by atoms with Crippen molar-refractivity contribution in [3.05, 3.63) is 35.9 Å². The van der Waals surface area contributed by atoms with Crippen molar-refractivity contribution in [3.8, 4) is 0 Å². The molecule has 1 amide bonds. The lowest BCUT2D eigenvalue weighted by atomic mass is 9.70. The lowest BCUT2D eigenvalue weighted by molar-refractivity contribution is -0.141. The summed E-state index contributed by atoms with van der Waals surface area (Å²) in [5.74, 6) is -0.229. The number of methoxy groups -OCH3 is 1. The highest BCUT2D eigenvalue weighted by atomic mass is 35.5. The zero-order valence-electron chi connectivity index (χ0n) is 13.6. The number of alkyl halides is 1. The van der Waals surface area contributed by atoms with Crippen molar-refractivity contribution in [2.24, 2.45) is 5.41 Å². The van der Waals surface area contributed by atoms with Crippen molar-refractivity contribution in [1.82, 2.24) is 4.90 Å². The van der Waals surface area contributed by atoms with Crippen LogP contribution in [0.15, 0.2) is 30.3 Å². The molecule has 6 heteroatoms. The number of ketones is 1. The number of halogens is 1. The van der Waals surface area contributed by atoms with Crippen molar-refractivity contribution in [3.63, 3.8) is 0 Å². The van der Waals surface area contributed by atoms with E-state index in [9.17, 15) is 9.59 Å². The number of benzene rings is 1. The Labute approximate surface area is 140 Å². The summed E-state index contributed by atoms with van der Waals surface area (Å²) in [5, 5.41) is 0. The van der Waals surface area contributed by atoms with Gasteiger partial charge < -0.3 is 9.47 Å². The van der Waals surface area contributed by atoms with E-state index in [1.807, 2.05) is 39.0 Å². The van der Waals surface area contributed by atoms with Gasteiger partial charge in [0.05, 0.1) is 7.11 Å². The van der Waals surface area contributed by atoms with Crippen LogP contribution in [-0.4, -0.2) is 42.3 Å². The van der Waals surface area contributed by atoms with Crippen molar-refractivity contribution >= 4 is 23.5 Å². The van der Waals surface area contributed by atoms with Crippen LogP contribution in [-0.2, 0) is 19.1 Å². The van der Waals surface area contributed by atoms with Crippen LogP contribution in [0.4, 0.5) is 4.79 Å². The van der Waals surface area contributed by atoms with E-state index in [0.717, 1.165) is 0 Å². The Morgan fingerprint density at radius 2 is 1.91 bits per heavy atom. The van der Waals surface area contributed by atoms with Gasteiger partial charge in [-0.2, -0.15) is 0 Å². The van der Waals surface area contributed by atoms with E-state index in [-0.39, 0.29) is 11.2 Å². The molecular weight excluding hydrogens is 318 g/mol. The Kier molecular flexibility index (Phi) is 3.69. The minimum atomic E-state index is -1.25. The molecule has 1 aromatic carbocycles. The smallest absolute Gasteiger partial charge is 0.412 e. The van der Waals surface area contributed by atoms with Gasteiger partial charge in [0.1, 0.15) is 18.4 Å². The first-order valence-corrected chi connectivity index (χ1v) is 7.91. The summed E-state index contributed by atoms with van der Waals surface area (Å²) < 4.78 is 10.9. The average Bonchev–Trinajstić information content (AvgIpc) is 2.92. The van der Waals surface area contributed by atoms with Crippen molar-refractivity contribution in [2.45, 2.75) is 44.0 Å². The van der Waals surface area contributed by atoms with Gasteiger partial charge in [0.2, 0.25) is 0 Å². The fourth-order valence-corrected chi connectivity index (χ4v) is 3.74. The standard InChI is InChI=1S/C17H20ClNO4/c1-16(2,3)14-19(15(21)22-4)11-12(20)17(18,13(11)23-14)10-8-6-5-7-9-10/h5-9,11,13-14H,1-4H3/t11-,13-,14+,17-/m0/s1. The Hall–Kier alpha value is -1.59. The lowest BCUT2D eigenvalue weighted by Crippen LogP contribution is -2.68. The molecule has 0 unspecified atom stereocenters. The SMILES string of the molecule is COC(=O)N1[C@H]2C(=O)[C@@](Cl)(c3ccccc3)[C@H]2O[C@@H]1C(C)(C)C. The molecule has 5 nitrogen and oxygen atoms in total. The molecule has 1 aromatic rings. The van der Waals surface area contributed by atoms with E-state index in [0.29, 0.717) is 5.56 Å². The maximum atomic E-state index is 12.8. The predicted molar refractivity (Wildman–Crippen MR) is 85.1 cm³/mol. The minimum absolute atomic E-state index is 0.229. The van der Waals surface area contributed by atoms with E-state index in [2.05, 4.69) is 0 Å². The second-order valence-corrected chi connectivity index (χ2v) is 7.64. The number of Topliss-reactive ketones (excluding diaryl/α,β-unsaturated/α-hetero) is 1. The molecule has 2 fully saturated rings. The molecule has 0 aromatic heterocycles. The summed E-state index contributed by atoms with van der Waals surface area (Å²) in [5.41, 5.74) is 0.313. The third-order valence-electron chi connectivity index (χ3n) is 4.45. The summed E-state index contributed by atoms with van der Waals surface area (Å²) in [6, 6.07) is 8.42. The third-order valence-corrected chi connectivity index (χ3v) is 5.07. The van der Waals surface area contributed by atoms with Gasteiger partial charge in [-0.25, -0.2) is 4.79 Å². The maximum absolute atomic E-state index is 12.8. The molecule has 124 valence electrons. The first-order chi connectivity index (χ1) is 10.7. The van der Waals surface area contributed by atoms with Crippen LogP contribution in [0.1, 0.15) is 26.3 Å². The molecule has 0 bridgehead atoms. The highest BCUT2D eigenvalue weighted by molar-refractivity contribution is 6.40. The van der Waals surface area contributed by atoms with Crippen LogP contribution < -0.4 is 0 Å². The Morgan fingerprint density at radius 3 is 2.43 bits per heavy atom. The van der Waals surface area contributed by atoms with Crippen LogP contribution in [0.2, 0.25) is 0 Å². The summed E-state index contributed by atoms with van der Waals surface area (Å²) in [7, 11) is 1.30. The van der Waals surface area contributed by atoms with Crippen molar-refractivity contribution in [2.75, 3.05) is 7.11 Å². The largest absolute Gasteiger partial charge is 0.453 e. The highest BCUT2D eigenvalue weighted by Crippen LogP contribution is 2.54. The monoisotopic (exact) mass is 337 g/mol. The molecule has 3 rings (SSSR count). The van der Waals surface area contributed by atoms with E-state index < -0.39 is 29.3 Å². The van der Waals surface area contributed by atoms with Gasteiger partial charge in [-0.15, -0.1) is 11.6 Å². The van der Waals surface area contributed by atoms with Crippen molar-refractivity contribution in [1.29, 1.82) is 0 Å². The zero-order chi connectivity index (χ0) is 17.0. The number of carbonyl (C=O) groups excluding carboxylic acids is 2. The molecule has 1 heterocycles. The predicted octanol–water partition coefficient (Wildman–Crippen LogP) is 2.91. The van der Waals surface area contributed by atoms with E-state index in [1.165, 1.54) is 12.0 Å². The van der Waals surface area contributed by atoms with Crippen LogP contribution in [0.5, 0.6) is 0 Å². The summed E-state index contributed by atoms with van der Waals surface area (Å²) in [6.07, 6.45) is -1.72. The third kappa shape index (κ3) is 2.17. The first kappa shape index (κ1) is 16.3. The second kappa shape index (κ2) is 5.21. The minimum Gasteiger partial charge on any atom is -0.453 e. The molecule has 1 aliphatic heterocycles. The maximum Gasteiger partial charge on any atom is 0.412 e. The van der Waals surface area contributed by atoms with Crippen LogP contribution in [0.3, 0.4) is 0 Å². The fourth-order valence-electron chi connectivity index (χ4n) is 3.33. The zero-order valence-corrected chi connectivity index (χ0v) is 14.3. The number of fused-ring (bicyclic) bond motifs is 1. The normalized spacial score (nSPS) is 33.2. The van der Waals surface area contributed by atoms with Gasteiger partial charge >= 0.3 is 6.09 Å². The summed E-state index contributed by atoms with van der Waals surface area (Å²) in [6.45, 7) is 5.84. The Morgan fingerprint density at radius 1 is 1.30 bits per heavy atom. The number of amides is 1. The second-order valence-electron chi connectivity index (χ2n) is 7.04. The number of hydrogen-bond donors (Lipinski definition) is 0. The Balaban J connectivity index is 2.00. The lowest BCUT2D eigenvalue weighted by Gasteiger charge is -2.45. The van der Waals surface area contributed by atoms with Gasteiger partial charge in [0.15, 0.2) is 10.7 Å². The molecule has 4 atom stereocenters. The average molecular weight is 338 g/mol. The van der Waals surface area contributed by atoms with Gasteiger partial charge in [-0.05, 0) is 5.56 Å². The van der Waals surface area contributed by atoms with E-state index >= 15 is 0 Å². The van der Waals surface area contributed by atoms with E-state index in [1.54, 1.807) is 12.1 Å². The van der Waals surface area contributed by atoms with Gasteiger partial charge in [0, 0.05) is 5.41 Å². The van der Waals surface area contributed by atoms with Crippen LogP contribution in [0.25, 0.3) is 0 Å². The summed E-state index contributed by atoms with van der Waals surface area (Å²) in [4.78, 5) is 25.1. The van der Waals surface area contributed by atoms with Crippen LogP contribution in [0, 0.1) is 5.41 Å². The molecule has 1 aliphatic carbocycles. The Bertz CT molecular complexity index is 642. The van der Waals surface area contributed by atoms with E-state index in [4.69, 9.17) is 21.1 Å². The molecule has 1 saturated heterocycles. The van der Waals surface area contributed by atoms with Gasteiger partial charge in [0.25, 0.3) is 0 Å². The number of hydrogen-bond acceptors (Lipinski definition) is 4. The first-order valence-electron chi connectivity index (χ1n) is 7.53. The molecule has 2 aliphatic rings. The molecule has 0 N–H and O–H groups in total. The number of nitrogens with zero attached hydrogens (tertiary/aromatic N) is 1. The van der Waals surface area contributed by atoms with Crippen molar-refractivity contribution < 1.29 is 19.1 Å². The molecule has 1 saturated carbocycles. The molecular formula is C17H20ClNO4. The quantitative estimate of drug-likeness (QED) is 0.739. The topological polar surface area (TPSA) is 55.8 Å². The van der Waals surface area contributed by atoms with Gasteiger partial charge in [-0.3, -0.25) is 9.69 Å². The highest BCUT2D eigenvalue weighted by Gasteiger charge is 2.72. The molecule has 23 heavy (non-hydrogen) atoms. The number of rotatable bonds is 1. The summed E-state index contributed by atoms with van der Waals surface area (Å²) >= 11 is 6.66. The van der Waals surface area contributed by atoms with Gasteiger partial charge in [-0.1, -0.05) is 51.1 Å². The fraction of sp³-hybridized carbons (Fsp3) is 0.529. The molecule has 0 radical (unpaired) electrons. The number of ether oxygens (including phenoxy) is 2.